The number of aryl methyl sites for hydroxylation is 4. The van der Waals surface area contributed by atoms with Crippen LogP contribution in [0.2, 0.25) is 0 Å². The first-order valence-corrected chi connectivity index (χ1v) is 12.0. The molecule has 0 radical (unpaired) electrons. The van der Waals surface area contributed by atoms with Gasteiger partial charge < -0.3 is 21.1 Å². The second-order valence-corrected chi connectivity index (χ2v) is 9.10. The van der Waals surface area contributed by atoms with Crippen LogP contribution in [0.4, 0.5) is 11.5 Å². The Morgan fingerprint density at radius 1 is 1.16 bits per heavy atom. The van der Waals surface area contributed by atoms with Crippen molar-refractivity contribution in [2.24, 2.45) is 5.73 Å². The minimum atomic E-state index is -0.542. The Hall–Kier alpha value is -4.66. The number of nitrogens with one attached hydrogen (secondary N) is 2. The zero-order valence-electron chi connectivity index (χ0n) is 21.0. The van der Waals surface area contributed by atoms with Crippen molar-refractivity contribution in [3.8, 4) is 17.0 Å². The summed E-state index contributed by atoms with van der Waals surface area (Å²) in [7, 11) is 1.50. The highest BCUT2D eigenvalue weighted by Gasteiger charge is 2.26. The van der Waals surface area contributed by atoms with E-state index in [1.807, 2.05) is 41.9 Å². The largest absolute Gasteiger partial charge is 0.494 e. The number of pyridine rings is 1. The van der Waals surface area contributed by atoms with E-state index in [0.29, 0.717) is 41.5 Å². The molecule has 188 valence electrons. The summed E-state index contributed by atoms with van der Waals surface area (Å²) in [6.45, 7) is 4.97. The number of benzene rings is 2. The Morgan fingerprint density at radius 3 is 2.76 bits per heavy atom. The number of fused-ring (bicyclic) bond motifs is 2. The molecule has 0 bridgehead atoms. The minimum Gasteiger partial charge on any atom is -0.494 e. The molecule has 2 aromatic heterocycles. The number of aromatic nitrogens is 3. The Kier molecular flexibility index (Phi) is 6.35. The monoisotopic (exact) mass is 496 g/mol. The quantitative estimate of drug-likeness (QED) is 0.372. The van der Waals surface area contributed by atoms with Crippen molar-refractivity contribution in [1.29, 1.82) is 0 Å². The molecule has 9 nitrogen and oxygen atoms in total. The first-order valence-electron chi connectivity index (χ1n) is 12.0. The van der Waals surface area contributed by atoms with E-state index < -0.39 is 5.91 Å². The van der Waals surface area contributed by atoms with E-state index in [1.165, 1.54) is 24.4 Å². The molecule has 2 amide bonds. The molecule has 2 aromatic carbocycles. The van der Waals surface area contributed by atoms with Gasteiger partial charge in [0.2, 0.25) is 0 Å². The Bertz CT molecular complexity index is 1520. The van der Waals surface area contributed by atoms with E-state index in [-0.39, 0.29) is 5.91 Å². The van der Waals surface area contributed by atoms with E-state index in [0.717, 1.165) is 28.8 Å². The summed E-state index contributed by atoms with van der Waals surface area (Å²) >= 11 is 0. The average Bonchev–Trinajstić information content (AvgIpc) is 3.16. The van der Waals surface area contributed by atoms with Gasteiger partial charge in [0.15, 0.2) is 0 Å². The van der Waals surface area contributed by atoms with E-state index in [1.54, 1.807) is 12.3 Å². The van der Waals surface area contributed by atoms with Crippen LogP contribution in [0.3, 0.4) is 0 Å². The van der Waals surface area contributed by atoms with Crippen LogP contribution in [0.1, 0.15) is 43.0 Å². The number of anilines is 2. The van der Waals surface area contributed by atoms with Crippen molar-refractivity contribution >= 4 is 23.3 Å². The summed E-state index contributed by atoms with van der Waals surface area (Å²) in [5.74, 6) is 0.222. The van der Waals surface area contributed by atoms with E-state index in [4.69, 9.17) is 15.6 Å². The molecule has 0 fully saturated rings. The predicted molar refractivity (Wildman–Crippen MR) is 141 cm³/mol. The molecule has 0 atom stereocenters. The molecule has 1 aliphatic rings. The van der Waals surface area contributed by atoms with Crippen LogP contribution in [-0.2, 0) is 19.5 Å². The molecule has 0 saturated carbocycles. The lowest BCUT2D eigenvalue weighted by Crippen LogP contribution is -2.23. The maximum atomic E-state index is 12.7. The standard InChI is InChI=1S/C28H28N6O3/c1-16-4-7-22-18(12-16)9-11-34-27(32-22)24(26(29)35)25(33-34)19-5-6-20(17(2)13-19)14-31-28(36)21-8-10-30-15-23(21)37-3/h4-8,10,12-13,15,32H,9,11,14H2,1-3H3,(H2,29,35)(H,31,36). The zero-order valence-corrected chi connectivity index (χ0v) is 21.0. The van der Waals surface area contributed by atoms with Crippen molar-refractivity contribution < 1.29 is 14.3 Å². The number of hydrogen-bond donors (Lipinski definition) is 3. The van der Waals surface area contributed by atoms with Gasteiger partial charge in [-0.25, -0.2) is 4.68 Å². The first-order chi connectivity index (χ1) is 17.9. The molecule has 5 rings (SSSR count). The lowest BCUT2D eigenvalue weighted by Gasteiger charge is -2.12. The highest BCUT2D eigenvalue weighted by molar-refractivity contribution is 6.04. The Balaban J connectivity index is 1.41. The van der Waals surface area contributed by atoms with Gasteiger partial charge in [-0.15, -0.1) is 0 Å². The van der Waals surface area contributed by atoms with Gasteiger partial charge in [0.05, 0.1) is 18.9 Å². The molecule has 37 heavy (non-hydrogen) atoms. The van der Waals surface area contributed by atoms with Gasteiger partial charge in [0.25, 0.3) is 11.8 Å². The van der Waals surface area contributed by atoms with Crippen LogP contribution in [0.15, 0.2) is 54.9 Å². The predicted octanol–water partition coefficient (Wildman–Crippen LogP) is 3.90. The normalized spacial score (nSPS) is 12.1. The third-order valence-corrected chi connectivity index (χ3v) is 6.61. The smallest absolute Gasteiger partial charge is 0.255 e. The molecule has 0 saturated heterocycles. The molecule has 0 aliphatic carbocycles. The fourth-order valence-electron chi connectivity index (χ4n) is 4.63. The molecule has 0 spiro atoms. The molecule has 4 aromatic rings. The third-order valence-electron chi connectivity index (χ3n) is 6.61. The first kappa shape index (κ1) is 24.1. The van der Waals surface area contributed by atoms with Gasteiger partial charge in [-0.1, -0.05) is 29.8 Å². The topological polar surface area (TPSA) is 124 Å². The summed E-state index contributed by atoms with van der Waals surface area (Å²) in [6, 6.07) is 13.6. The summed E-state index contributed by atoms with van der Waals surface area (Å²) in [5, 5.41) is 11.1. The van der Waals surface area contributed by atoms with Gasteiger partial charge >= 0.3 is 0 Å². The van der Waals surface area contributed by atoms with Crippen LogP contribution in [0, 0.1) is 13.8 Å². The number of ether oxygens (including phenoxy) is 1. The van der Waals surface area contributed by atoms with Gasteiger partial charge in [-0.05, 0) is 55.2 Å². The van der Waals surface area contributed by atoms with Crippen molar-refractivity contribution in [3.05, 3.63) is 88.2 Å². The van der Waals surface area contributed by atoms with Crippen LogP contribution >= 0.6 is 0 Å². The Labute approximate surface area is 214 Å². The lowest BCUT2D eigenvalue weighted by atomic mass is 10.0. The number of primary amides is 1. The molecular weight excluding hydrogens is 468 g/mol. The molecular formula is C28H28N6O3. The van der Waals surface area contributed by atoms with Crippen LogP contribution in [0.25, 0.3) is 11.3 Å². The van der Waals surface area contributed by atoms with E-state index in [2.05, 4.69) is 28.6 Å². The number of amides is 2. The van der Waals surface area contributed by atoms with Crippen LogP contribution < -0.4 is 21.1 Å². The summed E-state index contributed by atoms with van der Waals surface area (Å²) in [5.41, 5.74) is 13.1. The summed E-state index contributed by atoms with van der Waals surface area (Å²) < 4.78 is 7.05. The second kappa shape index (κ2) is 9.77. The van der Waals surface area contributed by atoms with Gasteiger partial charge in [-0.3, -0.25) is 14.6 Å². The average molecular weight is 497 g/mol. The molecule has 4 N–H and O–H groups in total. The molecule has 3 heterocycles. The third kappa shape index (κ3) is 4.63. The molecule has 0 unspecified atom stereocenters. The summed E-state index contributed by atoms with van der Waals surface area (Å²) in [6.07, 6.45) is 3.84. The fraction of sp³-hybridized carbons (Fsp3) is 0.214. The van der Waals surface area contributed by atoms with E-state index in [9.17, 15) is 9.59 Å². The zero-order chi connectivity index (χ0) is 26.1. The van der Waals surface area contributed by atoms with Crippen molar-refractivity contribution in [3.63, 3.8) is 0 Å². The fourth-order valence-corrected chi connectivity index (χ4v) is 4.63. The summed E-state index contributed by atoms with van der Waals surface area (Å²) in [4.78, 5) is 29.2. The maximum absolute atomic E-state index is 12.7. The number of hydrogen-bond acceptors (Lipinski definition) is 6. The van der Waals surface area contributed by atoms with Crippen LogP contribution in [-0.4, -0.2) is 33.7 Å². The maximum Gasteiger partial charge on any atom is 0.255 e. The number of rotatable bonds is 6. The van der Waals surface area contributed by atoms with E-state index >= 15 is 0 Å². The minimum absolute atomic E-state index is 0.252. The number of carbonyl (C=O) groups excluding carboxylic acids is 2. The lowest BCUT2D eigenvalue weighted by molar-refractivity contribution is 0.0946. The number of nitrogens with two attached hydrogens (primary N) is 1. The number of methoxy groups -OCH3 is 1. The van der Waals surface area contributed by atoms with Crippen LogP contribution in [0.5, 0.6) is 5.75 Å². The Morgan fingerprint density at radius 2 is 2.00 bits per heavy atom. The van der Waals surface area contributed by atoms with Crippen molar-refractivity contribution in [1.82, 2.24) is 20.1 Å². The molecule has 1 aliphatic heterocycles. The van der Waals surface area contributed by atoms with Crippen molar-refractivity contribution in [2.45, 2.75) is 33.4 Å². The molecule has 9 heteroatoms. The number of carbonyl (C=O) groups is 2. The SMILES string of the molecule is COc1cnccc1C(=O)NCc1ccc(-c2nn3c(c2C(N)=O)Nc2ccc(C)cc2CC3)cc1C. The highest BCUT2D eigenvalue weighted by Crippen LogP contribution is 2.35. The number of nitrogens with zero attached hydrogens (tertiary/aromatic N) is 3. The highest BCUT2D eigenvalue weighted by atomic mass is 16.5. The van der Waals surface area contributed by atoms with Gasteiger partial charge in [0, 0.05) is 30.5 Å². The van der Waals surface area contributed by atoms with Gasteiger partial charge in [-0.2, -0.15) is 5.10 Å². The van der Waals surface area contributed by atoms with Crippen molar-refractivity contribution in [2.75, 3.05) is 12.4 Å². The second-order valence-electron chi connectivity index (χ2n) is 9.10. The van der Waals surface area contributed by atoms with Gasteiger partial charge in [0.1, 0.15) is 22.8 Å².